The molecule has 0 aliphatic heterocycles. The van der Waals surface area contributed by atoms with Crippen LogP contribution in [0.1, 0.15) is 23.3 Å². The number of carboxylic acid groups (broad SMARTS) is 1. The minimum absolute atomic E-state index is 0.0737. The van der Waals surface area contributed by atoms with E-state index in [1.807, 2.05) is 0 Å². The van der Waals surface area contributed by atoms with Crippen LogP contribution in [0.4, 0.5) is 0 Å². The number of aliphatic hydroxyl groups excluding tert-OH is 1. The van der Waals surface area contributed by atoms with Gasteiger partial charge in [0.2, 0.25) is 0 Å². The summed E-state index contributed by atoms with van der Waals surface area (Å²) in [4.78, 5) is 10.8. The highest BCUT2D eigenvalue weighted by molar-refractivity contribution is 5.92. The Morgan fingerprint density at radius 1 is 1.56 bits per heavy atom. The fourth-order valence-electron chi connectivity index (χ4n) is 1.47. The van der Waals surface area contributed by atoms with E-state index < -0.39 is 5.97 Å². The minimum atomic E-state index is -0.994. The van der Waals surface area contributed by atoms with Crippen molar-refractivity contribution in [3.8, 4) is 0 Å². The Morgan fingerprint density at radius 2 is 2.31 bits per heavy atom. The van der Waals surface area contributed by atoms with Crippen LogP contribution >= 0.6 is 0 Å². The monoisotopic (exact) mass is 221 g/mol. The molecule has 1 unspecified atom stereocenters. The van der Waals surface area contributed by atoms with Crippen molar-refractivity contribution in [2.75, 3.05) is 6.61 Å². The van der Waals surface area contributed by atoms with Crippen LogP contribution in [0.15, 0.2) is 18.2 Å². The van der Waals surface area contributed by atoms with E-state index in [0.717, 1.165) is 0 Å². The molecule has 6 nitrogen and oxygen atoms in total. The number of carboxylic acids is 1. The molecular formula is C10H11N3O3. The Labute approximate surface area is 91.1 Å². The Morgan fingerprint density at radius 3 is 2.94 bits per heavy atom. The molecule has 0 radical (unpaired) electrons. The Balaban J connectivity index is 2.60. The third-order valence-corrected chi connectivity index (χ3v) is 2.40. The lowest BCUT2D eigenvalue weighted by Gasteiger charge is -2.08. The first-order chi connectivity index (χ1) is 7.63. The Hall–Kier alpha value is -1.95. The van der Waals surface area contributed by atoms with E-state index in [9.17, 15) is 4.79 Å². The van der Waals surface area contributed by atoms with Crippen molar-refractivity contribution in [2.45, 2.75) is 13.0 Å². The van der Waals surface area contributed by atoms with Gasteiger partial charge in [-0.15, -0.1) is 5.10 Å². The highest BCUT2D eigenvalue weighted by atomic mass is 16.4. The van der Waals surface area contributed by atoms with Gasteiger partial charge in [-0.3, -0.25) is 0 Å². The summed E-state index contributed by atoms with van der Waals surface area (Å²) in [6.07, 6.45) is 0. The lowest BCUT2D eigenvalue weighted by atomic mass is 10.2. The van der Waals surface area contributed by atoms with Crippen molar-refractivity contribution >= 4 is 17.0 Å². The van der Waals surface area contributed by atoms with Gasteiger partial charge in [0.1, 0.15) is 5.52 Å². The molecule has 1 atom stereocenters. The molecule has 0 aliphatic carbocycles. The van der Waals surface area contributed by atoms with Crippen molar-refractivity contribution in [3.63, 3.8) is 0 Å². The van der Waals surface area contributed by atoms with Gasteiger partial charge >= 0.3 is 5.97 Å². The topological polar surface area (TPSA) is 88.2 Å². The van der Waals surface area contributed by atoms with E-state index >= 15 is 0 Å². The molecule has 16 heavy (non-hydrogen) atoms. The lowest BCUT2D eigenvalue weighted by Crippen LogP contribution is -2.11. The highest BCUT2D eigenvalue weighted by Gasteiger charge is 2.12. The van der Waals surface area contributed by atoms with Crippen LogP contribution in [0, 0.1) is 0 Å². The van der Waals surface area contributed by atoms with Crippen LogP contribution in [0.25, 0.3) is 11.0 Å². The molecule has 0 bridgehead atoms. The number of hydrogen-bond acceptors (Lipinski definition) is 4. The van der Waals surface area contributed by atoms with Gasteiger partial charge in [0.25, 0.3) is 0 Å². The van der Waals surface area contributed by atoms with Gasteiger partial charge in [-0.2, -0.15) is 0 Å². The zero-order valence-corrected chi connectivity index (χ0v) is 8.66. The summed E-state index contributed by atoms with van der Waals surface area (Å²) >= 11 is 0. The zero-order chi connectivity index (χ0) is 11.7. The van der Waals surface area contributed by atoms with Crippen LogP contribution < -0.4 is 0 Å². The first-order valence-electron chi connectivity index (χ1n) is 4.82. The van der Waals surface area contributed by atoms with Crippen LogP contribution in [0.2, 0.25) is 0 Å². The minimum Gasteiger partial charge on any atom is -0.478 e. The molecule has 1 heterocycles. The van der Waals surface area contributed by atoms with Gasteiger partial charge in [-0.1, -0.05) is 5.21 Å². The molecule has 2 rings (SSSR count). The number of rotatable bonds is 3. The predicted molar refractivity (Wildman–Crippen MR) is 56.3 cm³/mol. The van der Waals surface area contributed by atoms with E-state index in [2.05, 4.69) is 10.3 Å². The van der Waals surface area contributed by atoms with Crippen LogP contribution in [0.3, 0.4) is 0 Å². The molecule has 2 aromatic rings. The average molecular weight is 221 g/mol. The molecule has 0 saturated carbocycles. The summed E-state index contributed by atoms with van der Waals surface area (Å²) < 4.78 is 1.52. The predicted octanol–water partition coefficient (Wildman–Crippen LogP) is 0.683. The number of aromatic nitrogens is 3. The summed E-state index contributed by atoms with van der Waals surface area (Å²) in [5.74, 6) is -0.994. The first-order valence-corrected chi connectivity index (χ1v) is 4.82. The van der Waals surface area contributed by atoms with Gasteiger partial charge in [-0.25, -0.2) is 9.48 Å². The molecule has 6 heteroatoms. The molecule has 84 valence electrons. The summed E-state index contributed by atoms with van der Waals surface area (Å²) in [7, 11) is 0. The highest BCUT2D eigenvalue weighted by Crippen LogP contribution is 2.17. The molecule has 1 aromatic heterocycles. The quantitative estimate of drug-likeness (QED) is 0.795. The summed E-state index contributed by atoms with van der Waals surface area (Å²) in [6.45, 7) is 1.71. The Bertz CT molecular complexity index is 535. The SMILES string of the molecule is CC(CO)n1nnc2ccc(C(=O)O)cc21. The van der Waals surface area contributed by atoms with Crippen molar-refractivity contribution in [1.29, 1.82) is 0 Å². The van der Waals surface area contributed by atoms with Gasteiger partial charge < -0.3 is 10.2 Å². The maximum atomic E-state index is 10.8. The fourth-order valence-corrected chi connectivity index (χ4v) is 1.47. The first kappa shape index (κ1) is 10.6. The van der Waals surface area contributed by atoms with Gasteiger partial charge in [-0.05, 0) is 25.1 Å². The second kappa shape index (κ2) is 3.90. The van der Waals surface area contributed by atoms with E-state index in [-0.39, 0.29) is 18.2 Å². The number of carbonyl (C=O) groups is 1. The third kappa shape index (κ3) is 1.63. The van der Waals surface area contributed by atoms with E-state index in [4.69, 9.17) is 10.2 Å². The molecular weight excluding hydrogens is 210 g/mol. The Kier molecular flexibility index (Phi) is 2.57. The maximum Gasteiger partial charge on any atom is 0.335 e. The van der Waals surface area contributed by atoms with Crippen LogP contribution in [-0.4, -0.2) is 37.8 Å². The number of benzene rings is 1. The molecule has 0 fully saturated rings. The zero-order valence-electron chi connectivity index (χ0n) is 8.66. The van der Waals surface area contributed by atoms with Crippen molar-refractivity contribution in [3.05, 3.63) is 23.8 Å². The summed E-state index contributed by atoms with van der Waals surface area (Å²) in [5, 5.41) is 25.7. The lowest BCUT2D eigenvalue weighted by molar-refractivity contribution is 0.0697. The van der Waals surface area contributed by atoms with E-state index in [0.29, 0.717) is 11.0 Å². The summed E-state index contributed by atoms with van der Waals surface area (Å²) in [5.41, 5.74) is 1.41. The number of aliphatic hydroxyl groups is 1. The normalized spacial score (nSPS) is 12.9. The molecule has 0 saturated heterocycles. The second-order valence-corrected chi connectivity index (χ2v) is 3.57. The summed E-state index contributed by atoms with van der Waals surface area (Å²) in [6, 6.07) is 4.36. The van der Waals surface area contributed by atoms with Crippen molar-refractivity contribution < 1.29 is 15.0 Å². The molecule has 0 aliphatic rings. The maximum absolute atomic E-state index is 10.8. The standard InChI is InChI=1S/C10H11N3O3/c1-6(5-14)13-9-4-7(10(15)16)2-3-8(9)11-12-13/h2-4,6,14H,5H2,1H3,(H,15,16). The fraction of sp³-hybridized carbons (Fsp3) is 0.300. The molecule has 1 aromatic carbocycles. The largest absolute Gasteiger partial charge is 0.478 e. The smallest absolute Gasteiger partial charge is 0.335 e. The number of fused-ring (bicyclic) bond motifs is 1. The number of nitrogens with zero attached hydrogens (tertiary/aromatic N) is 3. The number of aromatic carboxylic acids is 1. The van der Waals surface area contributed by atoms with Gasteiger partial charge in [0, 0.05) is 0 Å². The van der Waals surface area contributed by atoms with Crippen LogP contribution in [0.5, 0.6) is 0 Å². The molecule has 0 spiro atoms. The van der Waals surface area contributed by atoms with E-state index in [1.54, 1.807) is 13.0 Å². The van der Waals surface area contributed by atoms with Gasteiger partial charge in [0.15, 0.2) is 0 Å². The molecule has 2 N–H and O–H groups in total. The second-order valence-electron chi connectivity index (χ2n) is 3.57. The number of hydrogen-bond donors (Lipinski definition) is 2. The van der Waals surface area contributed by atoms with Gasteiger partial charge in [0.05, 0.1) is 23.7 Å². The van der Waals surface area contributed by atoms with Crippen molar-refractivity contribution in [1.82, 2.24) is 15.0 Å². The third-order valence-electron chi connectivity index (χ3n) is 2.40. The van der Waals surface area contributed by atoms with Crippen LogP contribution in [-0.2, 0) is 0 Å². The average Bonchev–Trinajstić information content (AvgIpc) is 2.70. The van der Waals surface area contributed by atoms with E-state index in [1.165, 1.54) is 16.8 Å². The van der Waals surface area contributed by atoms with Crippen molar-refractivity contribution in [2.24, 2.45) is 0 Å². The molecule has 0 amide bonds.